The highest BCUT2D eigenvalue weighted by Gasteiger charge is 2.24. The Balaban J connectivity index is 2.24. The lowest BCUT2D eigenvalue weighted by atomic mass is 10.0. The summed E-state index contributed by atoms with van der Waals surface area (Å²) in [6.45, 7) is 6.44. The van der Waals surface area contributed by atoms with Crippen molar-refractivity contribution in [1.82, 2.24) is 14.5 Å². The van der Waals surface area contributed by atoms with Crippen molar-refractivity contribution in [2.24, 2.45) is 12.8 Å². The maximum absolute atomic E-state index is 14.7. The van der Waals surface area contributed by atoms with E-state index >= 15 is 0 Å². The van der Waals surface area contributed by atoms with Gasteiger partial charge in [0.25, 0.3) is 5.56 Å². The van der Waals surface area contributed by atoms with Crippen molar-refractivity contribution in [3.05, 3.63) is 64.5 Å². The van der Waals surface area contributed by atoms with Crippen molar-refractivity contribution in [1.29, 1.82) is 5.26 Å². The van der Waals surface area contributed by atoms with Crippen molar-refractivity contribution in [2.75, 3.05) is 25.1 Å². The number of ether oxygens (including phenoxy) is 1. The van der Waals surface area contributed by atoms with Crippen molar-refractivity contribution in [3.8, 4) is 23.1 Å². The molecule has 8 nitrogen and oxygen atoms in total. The standard InChI is InChI=1S/C24H27FN6O2/c1-5-16(13-26)19(25)12-15(2)22-21(17-6-7-20(33-4)28-14-17)23(32)30(3)24(29-22)31-10-8-18(27)9-11-31/h5-7,12,14,18H,1,8-11,27H2,2-4H3/b15-12+,19-16-. The van der Waals surface area contributed by atoms with Gasteiger partial charge in [-0.25, -0.2) is 14.4 Å². The molecule has 33 heavy (non-hydrogen) atoms. The van der Waals surface area contributed by atoms with Crippen LogP contribution in [0.2, 0.25) is 0 Å². The maximum Gasteiger partial charge on any atom is 0.263 e. The predicted octanol–water partition coefficient (Wildman–Crippen LogP) is 3.11. The summed E-state index contributed by atoms with van der Waals surface area (Å²) >= 11 is 0. The van der Waals surface area contributed by atoms with Crippen LogP contribution in [0.25, 0.3) is 16.7 Å². The third-order valence-corrected chi connectivity index (χ3v) is 5.62. The van der Waals surface area contributed by atoms with Crippen molar-refractivity contribution in [2.45, 2.75) is 25.8 Å². The molecule has 1 aliphatic rings. The first-order valence-corrected chi connectivity index (χ1v) is 10.5. The fraction of sp³-hybridized carbons (Fsp3) is 0.333. The van der Waals surface area contributed by atoms with Gasteiger partial charge in [-0.05, 0) is 43.6 Å². The summed E-state index contributed by atoms with van der Waals surface area (Å²) in [5.74, 6) is 0.127. The Hall–Kier alpha value is -3.77. The molecule has 0 aliphatic carbocycles. The molecule has 9 heteroatoms. The molecule has 2 aromatic heterocycles. The maximum atomic E-state index is 14.7. The molecule has 2 aromatic rings. The van der Waals surface area contributed by atoms with Crippen LogP contribution in [-0.2, 0) is 7.05 Å². The molecule has 2 N–H and O–H groups in total. The van der Waals surface area contributed by atoms with Crippen LogP contribution >= 0.6 is 0 Å². The van der Waals surface area contributed by atoms with Gasteiger partial charge in [0, 0.05) is 44.0 Å². The average molecular weight is 451 g/mol. The third kappa shape index (κ3) is 5.02. The highest BCUT2D eigenvalue weighted by molar-refractivity contribution is 5.79. The quantitative estimate of drug-likeness (QED) is 0.532. The summed E-state index contributed by atoms with van der Waals surface area (Å²) in [5, 5.41) is 9.12. The molecule has 0 bridgehead atoms. The smallest absolute Gasteiger partial charge is 0.263 e. The van der Waals surface area contributed by atoms with Crippen LogP contribution in [0.4, 0.5) is 10.3 Å². The molecule has 0 spiro atoms. The Labute approximate surface area is 192 Å². The second-order valence-corrected chi connectivity index (χ2v) is 7.82. The summed E-state index contributed by atoms with van der Waals surface area (Å²) in [5.41, 5.74) is 7.04. The number of pyridine rings is 1. The van der Waals surface area contributed by atoms with Gasteiger partial charge in [0.15, 0.2) is 0 Å². The Morgan fingerprint density at radius 1 is 1.39 bits per heavy atom. The lowest BCUT2D eigenvalue weighted by Gasteiger charge is -2.32. The number of nitrogens with zero attached hydrogens (tertiary/aromatic N) is 5. The van der Waals surface area contributed by atoms with E-state index < -0.39 is 5.83 Å². The molecule has 3 rings (SSSR count). The number of anilines is 1. The van der Waals surface area contributed by atoms with E-state index in [-0.39, 0.29) is 22.7 Å². The largest absolute Gasteiger partial charge is 0.481 e. The molecule has 1 aliphatic heterocycles. The first-order valence-electron chi connectivity index (χ1n) is 10.5. The number of aromatic nitrogens is 3. The second kappa shape index (κ2) is 10.2. The normalized spacial score (nSPS) is 15.6. The zero-order valence-corrected chi connectivity index (χ0v) is 19.0. The van der Waals surface area contributed by atoms with Crippen LogP contribution in [0, 0.1) is 11.3 Å². The highest BCUT2D eigenvalue weighted by Crippen LogP contribution is 2.29. The van der Waals surface area contributed by atoms with Crippen LogP contribution in [-0.4, -0.2) is 40.8 Å². The van der Waals surface area contributed by atoms with Crippen LogP contribution in [0.3, 0.4) is 0 Å². The Morgan fingerprint density at radius 2 is 2.09 bits per heavy atom. The number of nitrogens with two attached hydrogens (primary N) is 1. The molecule has 0 aromatic carbocycles. The van der Waals surface area contributed by atoms with Crippen LogP contribution in [0.15, 0.2) is 53.3 Å². The van der Waals surface area contributed by atoms with E-state index in [0.717, 1.165) is 18.9 Å². The first-order chi connectivity index (χ1) is 15.8. The summed E-state index contributed by atoms with van der Waals surface area (Å²) in [6, 6.07) is 5.23. The van der Waals surface area contributed by atoms with Gasteiger partial charge < -0.3 is 15.4 Å². The first kappa shape index (κ1) is 23.9. The van der Waals surface area contributed by atoms with Gasteiger partial charge in [-0.1, -0.05) is 6.58 Å². The summed E-state index contributed by atoms with van der Waals surface area (Å²) in [6.07, 6.45) is 5.43. The number of hydrogen-bond acceptors (Lipinski definition) is 7. The highest BCUT2D eigenvalue weighted by atomic mass is 19.1. The molecule has 0 amide bonds. The van der Waals surface area contributed by atoms with Crippen LogP contribution < -0.4 is 20.9 Å². The van der Waals surface area contributed by atoms with E-state index in [2.05, 4.69) is 11.6 Å². The van der Waals surface area contributed by atoms with Crippen LogP contribution in [0.1, 0.15) is 25.5 Å². The Morgan fingerprint density at radius 3 is 2.64 bits per heavy atom. The number of methoxy groups -OCH3 is 1. The van der Waals surface area contributed by atoms with Gasteiger partial charge in [0.1, 0.15) is 11.9 Å². The SMILES string of the molecule is C=C/C(C#N)=C(F)\C=C(/C)c1nc(N2CCC(N)CC2)n(C)c(=O)c1-c1ccc(OC)nc1. The molecule has 3 heterocycles. The topological polar surface area (TPSA) is 110 Å². The second-order valence-electron chi connectivity index (χ2n) is 7.82. The molecule has 0 unspecified atom stereocenters. The van der Waals surface area contributed by atoms with Crippen molar-refractivity contribution in [3.63, 3.8) is 0 Å². The molecule has 0 saturated carbocycles. The van der Waals surface area contributed by atoms with Crippen LogP contribution in [0.5, 0.6) is 5.88 Å². The fourth-order valence-electron chi connectivity index (χ4n) is 3.70. The minimum atomic E-state index is -0.753. The van der Waals surface area contributed by atoms with Gasteiger partial charge >= 0.3 is 0 Å². The van der Waals surface area contributed by atoms with Gasteiger partial charge in [0.2, 0.25) is 11.8 Å². The number of halogens is 1. The number of piperidine rings is 1. The monoisotopic (exact) mass is 450 g/mol. The number of hydrogen-bond donors (Lipinski definition) is 1. The molecule has 0 atom stereocenters. The van der Waals surface area contributed by atoms with E-state index in [1.54, 1.807) is 32.2 Å². The Kier molecular flexibility index (Phi) is 7.41. The van der Waals surface area contributed by atoms with Crippen molar-refractivity contribution < 1.29 is 9.13 Å². The minimum absolute atomic E-state index is 0.117. The van der Waals surface area contributed by atoms with E-state index in [1.807, 2.05) is 4.90 Å². The lowest BCUT2D eigenvalue weighted by molar-refractivity contribution is 0.398. The number of nitriles is 1. The van der Waals surface area contributed by atoms with E-state index in [9.17, 15) is 9.18 Å². The summed E-state index contributed by atoms with van der Waals surface area (Å²) < 4.78 is 21.3. The zero-order chi connectivity index (χ0) is 24.1. The molecule has 1 fully saturated rings. The lowest BCUT2D eigenvalue weighted by Crippen LogP contribution is -2.42. The number of rotatable bonds is 6. The molecule has 0 radical (unpaired) electrons. The number of allylic oxidation sites excluding steroid dienone is 5. The van der Waals surface area contributed by atoms with E-state index in [4.69, 9.17) is 20.7 Å². The van der Waals surface area contributed by atoms with Crippen molar-refractivity contribution >= 4 is 11.5 Å². The van der Waals surface area contributed by atoms with Gasteiger partial charge in [-0.2, -0.15) is 5.26 Å². The fourth-order valence-corrected chi connectivity index (χ4v) is 3.70. The zero-order valence-electron chi connectivity index (χ0n) is 19.0. The predicted molar refractivity (Wildman–Crippen MR) is 126 cm³/mol. The van der Waals surface area contributed by atoms with Gasteiger partial charge in [0.05, 0.1) is 23.9 Å². The average Bonchev–Trinajstić information content (AvgIpc) is 2.82. The molecular formula is C24H27FN6O2. The third-order valence-electron chi connectivity index (χ3n) is 5.62. The minimum Gasteiger partial charge on any atom is -0.481 e. The van der Waals surface area contributed by atoms with Gasteiger partial charge in [-0.3, -0.25) is 9.36 Å². The molecular weight excluding hydrogens is 423 g/mol. The molecule has 172 valence electrons. The molecule has 1 saturated heterocycles. The summed E-state index contributed by atoms with van der Waals surface area (Å²) in [7, 11) is 3.16. The summed E-state index contributed by atoms with van der Waals surface area (Å²) in [4.78, 5) is 24.5. The van der Waals surface area contributed by atoms with E-state index in [1.165, 1.54) is 23.9 Å². The van der Waals surface area contributed by atoms with Gasteiger partial charge in [-0.15, -0.1) is 0 Å². The Bertz CT molecular complexity index is 1200. The van der Waals surface area contributed by atoms with E-state index in [0.29, 0.717) is 41.7 Å².